The molecule has 0 N–H and O–H groups in total. The van der Waals surface area contributed by atoms with E-state index in [9.17, 15) is 9.59 Å². The van der Waals surface area contributed by atoms with Gasteiger partial charge in [0.1, 0.15) is 11.1 Å². The highest BCUT2D eigenvalue weighted by molar-refractivity contribution is 6.31. The van der Waals surface area contributed by atoms with E-state index in [1.807, 2.05) is 6.92 Å². The van der Waals surface area contributed by atoms with Crippen molar-refractivity contribution in [1.29, 1.82) is 0 Å². The minimum atomic E-state index is -0.844. The van der Waals surface area contributed by atoms with Crippen molar-refractivity contribution >= 4 is 23.7 Å². The summed E-state index contributed by atoms with van der Waals surface area (Å²) in [4.78, 5) is 22.2. The number of rotatable bonds is 5. The number of carbonyl (C=O) groups is 2. The molecule has 0 aliphatic carbocycles. The Kier molecular flexibility index (Phi) is 4.50. The van der Waals surface area contributed by atoms with E-state index in [0.29, 0.717) is 29.8 Å². The molecule has 0 amide bonds. The largest absolute Gasteiger partial charge is 0.494 e. The van der Waals surface area contributed by atoms with Gasteiger partial charge in [0.05, 0.1) is 6.61 Å². The second-order valence-electron chi connectivity index (χ2n) is 3.28. The first-order valence-corrected chi connectivity index (χ1v) is 5.40. The maximum Gasteiger partial charge on any atom is 0.152 e. The van der Waals surface area contributed by atoms with Crippen LogP contribution in [0.25, 0.3) is 0 Å². The van der Waals surface area contributed by atoms with Gasteiger partial charge in [-0.25, -0.2) is 0 Å². The van der Waals surface area contributed by atoms with Crippen molar-refractivity contribution in [1.82, 2.24) is 0 Å². The Balaban J connectivity index is 3.29. The first-order valence-electron chi connectivity index (χ1n) is 4.97. The van der Waals surface area contributed by atoms with Crippen LogP contribution in [0, 0.1) is 0 Å². The third kappa shape index (κ3) is 2.61. The quantitative estimate of drug-likeness (QED) is 0.587. The fourth-order valence-corrected chi connectivity index (χ4v) is 1.65. The summed E-state index contributed by atoms with van der Waals surface area (Å²) in [5.41, 5.74) is 0.842. The Morgan fingerprint density at radius 2 is 2.25 bits per heavy atom. The lowest BCUT2D eigenvalue weighted by Crippen LogP contribution is -2.08. The molecular weight excluding hydrogens is 228 g/mol. The molecule has 1 atom stereocenters. The standard InChI is InChI=1S/C12H13ClO3/c1-3-16-10-6-4-5-9(7-14)11(10)12(13)8(2)15/h4-7,12H,3H2,1-2H3. The van der Waals surface area contributed by atoms with Gasteiger partial charge in [-0.1, -0.05) is 12.1 Å². The molecule has 0 saturated heterocycles. The zero-order valence-electron chi connectivity index (χ0n) is 9.20. The van der Waals surface area contributed by atoms with E-state index in [1.165, 1.54) is 6.92 Å². The molecule has 0 bridgehead atoms. The van der Waals surface area contributed by atoms with Crippen molar-refractivity contribution in [2.24, 2.45) is 0 Å². The lowest BCUT2D eigenvalue weighted by molar-refractivity contribution is -0.116. The highest BCUT2D eigenvalue weighted by Crippen LogP contribution is 2.32. The second kappa shape index (κ2) is 5.66. The van der Waals surface area contributed by atoms with Crippen LogP contribution in [0.2, 0.25) is 0 Å². The van der Waals surface area contributed by atoms with Gasteiger partial charge in [0.25, 0.3) is 0 Å². The van der Waals surface area contributed by atoms with E-state index in [-0.39, 0.29) is 5.78 Å². The number of alkyl halides is 1. The van der Waals surface area contributed by atoms with Gasteiger partial charge in [-0.3, -0.25) is 9.59 Å². The molecule has 4 heteroatoms. The summed E-state index contributed by atoms with van der Waals surface area (Å²) in [6.45, 7) is 3.67. The molecule has 0 saturated carbocycles. The van der Waals surface area contributed by atoms with E-state index in [4.69, 9.17) is 16.3 Å². The molecule has 1 aromatic rings. The fourth-order valence-electron chi connectivity index (χ4n) is 1.42. The zero-order valence-corrected chi connectivity index (χ0v) is 9.95. The van der Waals surface area contributed by atoms with E-state index < -0.39 is 5.38 Å². The molecule has 86 valence electrons. The minimum Gasteiger partial charge on any atom is -0.494 e. The summed E-state index contributed by atoms with van der Waals surface area (Å²) >= 11 is 5.98. The van der Waals surface area contributed by atoms with Crippen molar-refractivity contribution in [2.45, 2.75) is 19.2 Å². The lowest BCUT2D eigenvalue weighted by Gasteiger charge is -2.14. The summed E-state index contributed by atoms with van der Waals surface area (Å²) in [7, 11) is 0. The first kappa shape index (κ1) is 12.7. The van der Waals surface area contributed by atoms with Gasteiger partial charge >= 0.3 is 0 Å². The highest BCUT2D eigenvalue weighted by atomic mass is 35.5. The molecule has 0 spiro atoms. The van der Waals surface area contributed by atoms with Gasteiger partial charge in [-0.2, -0.15) is 0 Å². The van der Waals surface area contributed by atoms with Crippen LogP contribution in [0.5, 0.6) is 5.75 Å². The van der Waals surface area contributed by atoms with Crippen LogP contribution in [0.15, 0.2) is 18.2 Å². The molecule has 0 aliphatic heterocycles. The summed E-state index contributed by atoms with van der Waals surface area (Å²) in [5.74, 6) is 0.277. The third-order valence-electron chi connectivity index (χ3n) is 2.14. The molecule has 1 unspecified atom stereocenters. The fraction of sp³-hybridized carbons (Fsp3) is 0.333. The predicted molar refractivity (Wildman–Crippen MR) is 62.3 cm³/mol. The van der Waals surface area contributed by atoms with Gasteiger partial charge in [-0.05, 0) is 19.9 Å². The molecular formula is C12H13ClO3. The van der Waals surface area contributed by atoms with Crippen molar-refractivity contribution in [3.63, 3.8) is 0 Å². The number of halogens is 1. The Bertz CT molecular complexity index is 401. The van der Waals surface area contributed by atoms with Crippen molar-refractivity contribution in [2.75, 3.05) is 6.61 Å². The molecule has 0 fully saturated rings. The number of benzene rings is 1. The van der Waals surface area contributed by atoms with E-state index in [0.717, 1.165) is 0 Å². The molecule has 3 nitrogen and oxygen atoms in total. The predicted octanol–water partition coefficient (Wildman–Crippen LogP) is 2.77. The van der Waals surface area contributed by atoms with E-state index in [2.05, 4.69) is 0 Å². The number of ether oxygens (including phenoxy) is 1. The van der Waals surface area contributed by atoms with Crippen LogP contribution in [-0.2, 0) is 4.79 Å². The van der Waals surface area contributed by atoms with Gasteiger partial charge in [0.15, 0.2) is 12.1 Å². The van der Waals surface area contributed by atoms with Gasteiger partial charge in [-0.15, -0.1) is 11.6 Å². The Morgan fingerprint density at radius 3 is 2.75 bits per heavy atom. The van der Waals surface area contributed by atoms with Crippen molar-refractivity contribution in [3.8, 4) is 5.75 Å². The average molecular weight is 241 g/mol. The normalized spacial score (nSPS) is 11.9. The number of ketones is 1. The maximum atomic E-state index is 11.3. The first-order chi connectivity index (χ1) is 7.61. The van der Waals surface area contributed by atoms with Crippen LogP contribution in [0.4, 0.5) is 0 Å². The van der Waals surface area contributed by atoms with Crippen LogP contribution in [0.3, 0.4) is 0 Å². The lowest BCUT2D eigenvalue weighted by atomic mass is 10.0. The molecule has 0 aromatic heterocycles. The Labute approximate surface area is 99.4 Å². The maximum absolute atomic E-state index is 11.3. The van der Waals surface area contributed by atoms with Crippen LogP contribution < -0.4 is 4.74 Å². The van der Waals surface area contributed by atoms with Gasteiger partial charge < -0.3 is 4.74 Å². The van der Waals surface area contributed by atoms with Gasteiger partial charge in [0.2, 0.25) is 0 Å². The molecule has 1 rings (SSSR count). The summed E-state index contributed by atoms with van der Waals surface area (Å²) in [6.07, 6.45) is 0.677. The minimum absolute atomic E-state index is 0.211. The van der Waals surface area contributed by atoms with E-state index in [1.54, 1.807) is 18.2 Å². The van der Waals surface area contributed by atoms with Crippen LogP contribution in [0.1, 0.15) is 35.1 Å². The third-order valence-corrected chi connectivity index (χ3v) is 2.66. The number of carbonyl (C=O) groups excluding carboxylic acids is 2. The summed E-state index contributed by atoms with van der Waals surface area (Å²) in [6, 6.07) is 5.01. The summed E-state index contributed by atoms with van der Waals surface area (Å²) < 4.78 is 5.36. The summed E-state index contributed by atoms with van der Waals surface area (Å²) in [5, 5.41) is -0.844. The average Bonchev–Trinajstić information content (AvgIpc) is 2.28. The number of aldehydes is 1. The van der Waals surface area contributed by atoms with Crippen LogP contribution >= 0.6 is 11.6 Å². The molecule has 0 aliphatic rings. The zero-order chi connectivity index (χ0) is 12.1. The number of Topliss-reactive ketones (excluding diaryl/α,β-unsaturated/α-hetero) is 1. The van der Waals surface area contributed by atoms with Crippen LogP contribution in [-0.4, -0.2) is 18.7 Å². The molecule has 1 aromatic carbocycles. The second-order valence-corrected chi connectivity index (χ2v) is 3.72. The van der Waals surface area contributed by atoms with Gasteiger partial charge in [0, 0.05) is 11.1 Å². The topological polar surface area (TPSA) is 43.4 Å². The molecule has 0 radical (unpaired) electrons. The Hall–Kier alpha value is -1.35. The van der Waals surface area contributed by atoms with Crippen molar-refractivity contribution < 1.29 is 14.3 Å². The smallest absolute Gasteiger partial charge is 0.152 e. The SMILES string of the molecule is CCOc1cccc(C=O)c1C(Cl)C(C)=O. The van der Waals surface area contributed by atoms with E-state index >= 15 is 0 Å². The number of hydrogen-bond acceptors (Lipinski definition) is 3. The molecule has 16 heavy (non-hydrogen) atoms. The number of hydrogen-bond donors (Lipinski definition) is 0. The molecule has 0 heterocycles. The monoisotopic (exact) mass is 240 g/mol. The van der Waals surface area contributed by atoms with Crippen molar-refractivity contribution in [3.05, 3.63) is 29.3 Å². The Morgan fingerprint density at radius 1 is 1.56 bits per heavy atom. The highest BCUT2D eigenvalue weighted by Gasteiger charge is 2.21.